The van der Waals surface area contributed by atoms with E-state index >= 15 is 0 Å². The fourth-order valence-corrected chi connectivity index (χ4v) is 3.82. The number of nitriles is 1. The summed E-state index contributed by atoms with van der Waals surface area (Å²) in [5.41, 5.74) is 5.87. The molecular formula is C14H21N3O2S. The van der Waals surface area contributed by atoms with Gasteiger partial charge in [-0.3, -0.25) is 0 Å². The number of nitrogens with zero attached hydrogens (tertiary/aromatic N) is 2. The lowest BCUT2D eigenvalue weighted by atomic mass is 9.99. The average Bonchev–Trinajstić information content (AvgIpc) is 2.61. The minimum Gasteiger partial charge on any atom is -0.492 e. The number of nitrogen functional groups attached to an aromatic ring is 1. The normalized spacial score (nSPS) is 20.5. The van der Waals surface area contributed by atoms with Crippen LogP contribution in [0.5, 0.6) is 5.75 Å². The number of anilines is 2. The molecule has 2 rings (SSSR count). The molecule has 1 aromatic heterocycles. The molecule has 0 saturated carbocycles. The van der Waals surface area contributed by atoms with Gasteiger partial charge in [0.2, 0.25) is 0 Å². The van der Waals surface area contributed by atoms with Crippen LogP contribution in [0.25, 0.3) is 0 Å². The van der Waals surface area contributed by atoms with E-state index in [1.807, 2.05) is 0 Å². The van der Waals surface area contributed by atoms with Crippen LogP contribution in [-0.2, 0) is 4.74 Å². The highest BCUT2D eigenvalue weighted by molar-refractivity contribution is 7.17. The van der Waals surface area contributed by atoms with Crippen molar-refractivity contribution in [2.45, 2.75) is 38.9 Å². The molecule has 0 atom stereocenters. The van der Waals surface area contributed by atoms with E-state index in [0.29, 0.717) is 16.3 Å². The van der Waals surface area contributed by atoms with Crippen molar-refractivity contribution >= 4 is 22.0 Å². The molecule has 1 fully saturated rings. The monoisotopic (exact) mass is 295 g/mol. The van der Waals surface area contributed by atoms with E-state index < -0.39 is 0 Å². The van der Waals surface area contributed by atoms with Gasteiger partial charge in [0.15, 0.2) is 5.75 Å². The van der Waals surface area contributed by atoms with Crippen LogP contribution in [0.1, 0.15) is 32.6 Å². The minimum absolute atomic E-state index is 0.266. The van der Waals surface area contributed by atoms with Gasteiger partial charge < -0.3 is 20.1 Å². The third-order valence-corrected chi connectivity index (χ3v) is 4.32. The summed E-state index contributed by atoms with van der Waals surface area (Å²) in [4.78, 5) is 2.70. The van der Waals surface area contributed by atoms with E-state index in [9.17, 15) is 0 Å². The van der Waals surface area contributed by atoms with Gasteiger partial charge in [0, 0.05) is 13.1 Å². The van der Waals surface area contributed by atoms with Crippen LogP contribution >= 0.6 is 11.3 Å². The second-order valence-electron chi connectivity index (χ2n) is 6.27. The van der Waals surface area contributed by atoms with Gasteiger partial charge in [0.05, 0.1) is 18.3 Å². The first-order valence-electron chi connectivity index (χ1n) is 6.50. The van der Waals surface area contributed by atoms with Crippen molar-refractivity contribution in [2.75, 3.05) is 30.8 Å². The zero-order valence-electron chi connectivity index (χ0n) is 12.6. The molecule has 1 aromatic rings. The van der Waals surface area contributed by atoms with Gasteiger partial charge in [-0.25, -0.2) is 0 Å². The summed E-state index contributed by atoms with van der Waals surface area (Å²) in [6.45, 7) is 9.73. The Bertz CT molecular complexity index is 542. The quantitative estimate of drug-likeness (QED) is 0.908. The molecule has 110 valence electrons. The fraction of sp³-hybridized carbons (Fsp3) is 0.643. The SMILES string of the molecule is COc1c(N2CC(C)(C)OC(C)(C)C2)sc(C#N)c1N. The van der Waals surface area contributed by atoms with Crippen molar-refractivity contribution < 1.29 is 9.47 Å². The first kappa shape index (κ1) is 14.9. The van der Waals surface area contributed by atoms with Crippen LogP contribution < -0.4 is 15.4 Å². The lowest BCUT2D eigenvalue weighted by Crippen LogP contribution is -2.57. The van der Waals surface area contributed by atoms with E-state index in [0.717, 1.165) is 18.1 Å². The Morgan fingerprint density at radius 1 is 1.30 bits per heavy atom. The van der Waals surface area contributed by atoms with Crippen molar-refractivity contribution in [3.05, 3.63) is 4.88 Å². The first-order chi connectivity index (χ1) is 9.19. The van der Waals surface area contributed by atoms with Gasteiger partial charge in [-0.15, -0.1) is 11.3 Å². The molecule has 0 amide bonds. The second-order valence-corrected chi connectivity index (χ2v) is 7.27. The predicted octanol–water partition coefficient (Wildman–Crippen LogP) is 2.60. The Labute approximate surface area is 123 Å². The summed E-state index contributed by atoms with van der Waals surface area (Å²) >= 11 is 1.38. The molecule has 0 aliphatic carbocycles. The Kier molecular flexibility index (Phi) is 3.61. The summed E-state index contributed by atoms with van der Waals surface area (Å²) in [5.74, 6) is 0.597. The van der Waals surface area contributed by atoms with E-state index in [2.05, 4.69) is 38.7 Å². The smallest absolute Gasteiger partial charge is 0.177 e. The van der Waals surface area contributed by atoms with Gasteiger partial charge in [0.1, 0.15) is 21.6 Å². The molecule has 0 spiro atoms. The maximum atomic E-state index is 9.14. The van der Waals surface area contributed by atoms with Gasteiger partial charge in [-0.05, 0) is 27.7 Å². The Morgan fingerprint density at radius 3 is 2.30 bits per heavy atom. The molecule has 0 radical (unpaired) electrons. The molecule has 5 nitrogen and oxygen atoms in total. The van der Waals surface area contributed by atoms with Crippen LogP contribution in [0, 0.1) is 11.3 Å². The van der Waals surface area contributed by atoms with E-state index in [1.54, 1.807) is 7.11 Å². The highest BCUT2D eigenvalue weighted by Gasteiger charge is 2.40. The molecule has 20 heavy (non-hydrogen) atoms. The molecular weight excluding hydrogens is 274 g/mol. The largest absolute Gasteiger partial charge is 0.492 e. The van der Waals surface area contributed by atoms with Crippen LogP contribution in [0.15, 0.2) is 0 Å². The number of nitrogens with two attached hydrogens (primary N) is 1. The highest BCUT2D eigenvalue weighted by Crippen LogP contribution is 2.46. The number of hydrogen-bond donors (Lipinski definition) is 1. The Hall–Kier alpha value is -1.45. The Morgan fingerprint density at radius 2 is 1.85 bits per heavy atom. The van der Waals surface area contributed by atoms with Gasteiger partial charge >= 0.3 is 0 Å². The van der Waals surface area contributed by atoms with Crippen LogP contribution in [0.2, 0.25) is 0 Å². The lowest BCUT2D eigenvalue weighted by Gasteiger charge is -2.47. The summed E-state index contributed by atoms with van der Waals surface area (Å²) in [6.07, 6.45) is 0. The topological polar surface area (TPSA) is 71.5 Å². The van der Waals surface area contributed by atoms with E-state index in [4.69, 9.17) is 20.5 Å². The number of rotatable bonds is 2. The van der Waals surface area contributed by atoms with Crippen molar-refractivity contribution in [2.24, 2.45) is 0 Å². The molecule has 0 bridgehead atoms. The van der Waals surface area contributed by atoms with Crippen molar-refractivity contribution in [1.29, 1.82) is 5.26 Å². The molecule has 1 saturated heterocycles. The van der Waals surface area contributed by atoms with E-state index in [-0.39, 0.29) is 11.2 Å². The molecule has 2 N–H and O–H groups in total. The summed E-state index contributed by atoms with van der Waals surface area (Å²) in [5, 5.41) is 10.0. The summed E-state index contributed by atoms with van der Waals surface area (Å²) < 4.78 is 11.5. The number of methoxy groups -OCH3 is 1. The van der Waals surface area contributed by atoms with Crippen molar-refractivity contribution in [3.8, 4) is 11.8 Å². The maximum Gasteiger partial charge on any atom is 0.177 e. The van der Waals surface area contributed by atoms with Crippen LogP contribution in [0.3, 0.4) is 0 Å². The molecule has 1 aliphatic rings. The van der Waals surface area contributed by atoms with Gasteiger partial charge in [0.25, 0.3) is 0 Å². The third kappa shape index (κ3) is 2.69. The zero-order chi connectivity index (χ0) is 15.1. The fourth-order valence-electron chi connectivity index (χ4n) is 2.84. The highest BCUT2D eigenvalue weighted by atomic mass is 32.1. The molecule has 2 heterocycles. The zero-order valence-corrected chi connectivity index (χ0v) is 13.4. The number of ether oxygens (including phenoxy) is 2. The van der Waals surface area contributed by atoms with Crippen molar-refractivity contribution in [3.63, 3.8) is 0 Å². The standard InChI is InChI=1S/C14H21N3O2S/c1-13(2)7-17(8-14(3,4)19-13)12-11(18-5)10(16)9(6-15)20-12/h7-8,16H2,1-5H3. The molecule has 0 aromatic carbocycles. The van der Waals surface area contributed by atoms with Crippen molar-refractivity contribution in [1.82, 2.24) is 0 Å². The number of morpholine rings is 1. The summed E-state index contributed by atoms with van der Waals surface area (Å²) in [6, 6.07) is 2.13. The molecule has 6 heteroatoms. The summed E-state index contributed by atoms with van der Waals surface area (Å²) in [7, 11) is 1.58. The lowest BCUT2D eigenvalue weighted by molar-refractivity contribution is -0.132. The minimum atomic E-state index is -0.266. The third-order valence-electron chi connectivity index (χ3n) is 3.17. The Balaban J connectivity index is 2.43. The van der Waals surface area contributed by atoms with Gasteiger partial charge in [-0.2, -0.15) is 5.26 Å². The predicted molar refractivity (Wildman–Crippen MR) is 81.5 cm³/mol. The van der Waals surface area contributed by atoms with Crippen LogP contribution in [-0.4, -0.2) is 31.4 Å². The number of hydrogen-bond acceptors (Lipinski definition) is 6. The van der Waals surface area contributed by atoms with Crippen LogP contribution in [0.4, 0.5) is 10.7 Å². The maximum absolute atomic E-state index is 9.14. The first-order valence-corrected chi connectivity index (χ1v) is 7.32. The number of thiophene rings is 1. The molecule has 0 unspecified atom stereocenters. The molecule has 1 aliphatic heterocycles. The van der Waals surface area contributed by atoms with E-state index in [1.165, 1.54) is 11.3 Å². The second kappa shape index (κ2) is 4.83. The van der Waals surface area contributed by atoms with Gasteiger partial charge in [-0.1, -0.05) is 0 Å². The average molecular weight is 295 g/mol.